The van der Waals surface area contributed by atoms with Crippen LogP contribution in [0.3, 0.4) is 0 Å². The Balaban J connectivity index is 1.87. The predicted octanol–water partition coefficient (Wildman–Crippen LogP) is 2.63. The highest BCUT2D eigenvalue weighted by molar-refractivity contribution is 7.13. The Morgan fingerprint density at radius 2 is 1.95 bits per heavy atom. The highest BCUT2D eigenvalue weighted by atomic mass is 32.1. The molecule has 3 rings (SSSR count). The fourth-order valence-corrected chi connectivity index (χ4v) is 3.63. The Hall–Kier alpha value is -1.82. The number of carbonyl (C=O) groups is 1. The number of thiazole rings is 1. The van der Waals surface area contributed by atoms with Crippen molar-refractivity contribution in [1.82, 2.24) is 19.9 Å². The molecule has 0 aliphatic carbocycles. The number of rotatable bonds is 2. The Kier molecular flexibility index (Phi) is 3.96. The lowest BCUT2D eigenvalue weighted by atomic mass is 9.91. The van der Waals surface area contributed by atoms with Gasteiger partial charge in [-0.15, -0.1) is 11.3 Å². The topological polar surface area (TPSA) is 59.0 Å². The highest BCUT2D eigenvalue weighted by Gasteiger charge is 2.26. The third kappa shape index (κ3) is 2.81. The Labute approximate surface area is 128 Å². The second-order valence-corrected chi connectivity index (χ2v) is 6.19. The summed E-state index contributed by atoms with van der Waals surface area (Å²) in [5.74, 6) is 0.525. The van der Waals surface area contributed by atoms with Crippen LogP contribution in [-0.4, -0.2) is 38.8 Å². The van der Waals surface area contributed by atoms with Crippen molar-refractivity contribution >= 4 is 17.2 Å². The first-order valence-corrected chi connectivity index (χ1v) is 8.01. The van der Waals surface area contributed by atoms with Crippen molar-refractivity contribution in [2.24, 2.45) is 0 Å². The molecule has 0 N–H and O–H groups in total. The second kappa shape index (κ2) is 5.89. The molecule has 1 saturated heterocycles. The predicted molar refractivity (Wildman–Crippen MR) is 82.1 cm³/mol. The van der Waals surface area contributed by atoms with Crippen molar-refractivity contribution in [3.05, 3.63) is 29.3 Å². The van der Waals surface area contributed by atoms with Crippen LogP contribution in [0.2, 0.25) is 0 Å². The van der Waals surface area contributed by atoms with Crippen LogP contribution in [0.5, 0.6) is 0 Å². The van der Waals surface area contributed by atoms with Gasteiger partial charge in [-0.25, -0.2) is 4.98 Å². The lowest BCUT2D eigenvalue weighted by molar-refractivity contribution is -0.129. The van der Waals surface area contributed by atoms with Gasteiger partial charge in [0, 0.05) is 38.3 Å². The fourth-order valence-electron chi connectivity index (χ4n) is 2.82. The number of piperidine rings is 1. The Morgan fingerprint density at radius 1 is 1.24 bits per heavy atom. The van der Waals surface area contributed by atoms with E-state index in [0.717, 1.165) is 47.9 Å². The first-order chi connectivity index (χ1) is 10.2. The zero-order valence-corrected chi connectivity index (χ0v) is 13.1. The molecule has 1 aliphatic rings. The summed E-state index contributed by atoms with van der Waals surface area (Å²) in [6.45, 7) is 5.24. The Bertz CT molecular complexity index is 647. The lowest BCUT2D eigenvalue weighted by Gasteiger charge is -2.31. The maximum atomic E-state index is 11.4. The van der Waals surface area contributed by atoms with Gasteiger partial charge in [0.15, 0.2) is 0 Å². The van der Waals surface area contributed by atoms with E-state index in [9.17, 15) is 4.79 Å². The van der Waals surface area contributed by atoms with Gasteiger partial charge in [-0.2, -0.15) is 0 Å². The van der Waals surface area contributed by atoms with Crippen molar-refractivity contribution < 1.29 is 4.79 Å². The van der Waals surface area contributed by atoms with Gasteiger partial charge in [0.05, 0.1) is 21.8 Å². The molecule has 1 aliphatic heterocycles. The van der Waals surface area contributed by atoms with Crippen LogP contribution in [-0.2, 0) is 4.79 Å². The molecule has 6 heteroatoms. The summed E-state index contributed by atoms with van der Waals surface area (Å²) in [4.78, 5) is 27.9. The van der Waals surface area contributed by atoms with Crippen LogP contribution >= 0.6 is 11.3 Å². The van der Waals surface area contributed by atoms with Crippen molar-refractivity contribution in [3.8, 4) is 10.6 Å². The molecule has 0 saturated carbocycles. The van der Waals surface area contributed by atoms with E-state index >= 15 is 0 Å². The van der Waals surface area contributed by atoms with Gasteiger partial charge in [0.2, 0.25) is 5.91 Å². The molecule has 0 atom stereocenters. The molecule has 1 fully saturated rings. The molecule has 21 heavy (non-hydrogen) atoms. The number of likely N-dealkylation sites (tertiary alicyclic amines) is 1. The van der Waals surface area contributed by atoms with Gasteiger partial charge in [-0.05, 0) is 19.8 Å². The lowest BCUT2D eigenvalue weighted by Crippen LogP contribution is -2.36. The molecule has 0 aromatic carbocycles. The fraction of sp³-hybridized carbons (Fsp3) is 0.467. The molecule has 5 nitrogen and oxygen atoms in total. The number of nitrogens with zero attached hydrogens (tertiary/aromatic N) is 4. The maximum Gasteiger partial charge on any atom is 0.219 e. The summed E-state index contributed by atoms with van der Waals surface area (Å²) in [6.07, 6.45) is 5.39. The minimum absolute atomic E-state index is 0.158. The second-order valence-electron chi connectivity index (χ2n) is 5.34. The molecule has 1 amide bonds. The normalized spacial score (nSPS) is 16.2. The monoisotopic (exact) mass is 302 g/mol. The van der Waals surface area contributed by atoms with E-state index in [1.165, 1.54) is 0 Å². The average molecular weight is 302 g/mol. The summed E-state index contributed by atoms with van der Waals surface area (Å²) in [6, 6.07) is 0. The molecule has 3 heterocycles. The zero-order valence-electron chi connectivity index (χ0n) is 12.2. The van der Waals surface area contributed by atoms with Gasteiger partial charge < -0.3 is 4.90 Å². The van der Waals surface area contributed by atoms with Crippen molar-refractivity contribution in [3.63, 3.8) is 0 Å². The largest absolute Gasteiger partial charge is 0.343 e. The van der Waals surface area contributed by atoms with Crippen LogP contribution in [0.1, 0.15) is 37.1 Å². The minimum Gasteiger partial charge on any atom is -0.343 e. The molecule has 0 bridgehead atoms. The number of aryl methyl sites for hydroxylation is 1. The van der Waals surface area contributed by atoms with Gasteiger partial charge in [0.25, 0.3) is 0 Å². The molecule has 2 aromatic rings. The van der Waals surface area contributed by atoms with Crippen molar-refractivity contribution in [2.45, 2.75) is 32.6 Å². The van der Waals surface area contributed by atoms with Crippen LogP contribution in [0.4, 0.5) is 0 Å². The quantitative estimate of drug-likeness (QED) is 0.855. The van der Waals surface area contributed by atoms with Gasteiger partial charge in [0.1, 0.15) is 5.69 Å². The van der Waals surface area contributed by atoms with E-state index in [4.69, 9.17) is 0 Å². The van der Waals surface area contributed by atoms with Gasteiger partial charge in [-0.1, -0.05) is 0 Å². The maximum absolute atomic E-state index is 11.4. The van der Waals surface area contributed by atoms with E-state index in [0.29, 0.717) is 5.92 Å². The molecule has 0 spiro atoms. The third-order valence-corrected chi connectivity index (χ3v) is 4.95. The van der Waals surface area contributed by atoms with E-state index < -0.39 is 0 Å². The third-order valence-electron chi connectivity index (χ3n) is 4.01. The highest BCUT2D eigenvalue weighted by Crippen LogP contribution is 2.35. The zero-order chi connectivity index (χ0) is 14.8. The average Bonchev–Trinajstić information content (AvgIpc) is 2.93. The Morgan fingerprint density at radius 3 is 2.57 bits per heavy atom. The summed E-state index contributed by atoms with van der Waals surface area (Å²) >= 11 is 1.61. The molecule has 0 unspecified atom stereocenters. The van der Waals surface area contributed by atoms with E-state index in [2.05, 4.69) is 15.0 Å². The number of hydrogen-bond acceptors (Lipinski definition) is 5. The van der Waals surface area contributed by atoms with E-state index in [-0.39, 0.29) is 5.91 Å². The van der Waals surface area contributed by atoms with Crippen LogP contribution in [0.25, 0.3) is 10.6 Å². The van der Waals surface area contributed by atoms with Crippen molar-refractivity contribution in [2.75, 3.05) is 13.1 Å². The molecule has 110 valence electrons. The summed E-state index contributed by atoms with van der Waals surface area (Å²) < 4.78 is 0. The van der Waals surface area contributed by atoms with Crippen LogP contribution < -0.4 is 0 Å². The first kappa shape index (κ1) is 14.1. The smallest absolute Gasteiger partial charge is 0.219 e. The van der Waals surface area contributed by atoms with E-state index in [1.54, 1.807) is 30.7 Å². The van der Waals surface area contributed by atoms with Gasteiger partial charge in [-0.3, -0.25) is 14.8 Å². The first-order valence-electron chi connectivity index (χ1n) is 7.13. The summed E-state index contributed by atoms with van der Waals surface area (Å²) in [5.41, 5.74) is 4.86. The number of carbonyl (C=O) groups excluding carboxylic acids is 1. The number of hydrogen-bond donors (Lipinski definition) is 0. The van der Waals surface area contributed by atoms with Crippen LogP contribution in [0, 0.1) is 6.92 Å². The van der Waals surface area contributed by atoms with E-state index in [1.807, 2.05) is 17.3 Å². The van der Waals surface area contributed by atoms with Crippen molar-refractivity contribution in [1.29, 1.82) is 0 Å². The van der Waals surface area contributed by atoms with Crippen LogP contribution in [0.15, 0.2) is 17.9 Å². The molecular formula is C15H18N4OS. The molecule has 0 radical (unpaired) electrons. The summed E-state index contributed by atoms with van der Waals surface area (Å²) in [5, 5.41) is 0. The minimum atomic E-state index is 0.158. The standard InChI is InChI=1S/C15H18N4OS/c1-10-15(21-9-18-10)14-13(16-5-6-17-14)12-3-7-19(8-4-12)11(2)20/h5-6,9,12H,3-4,7-8H2,1-2H3. The molecular weight excluding hydrogens is 284 g/mol. The molecule has 2 aromatic heterocycles. The van der Waals surface area contributed by atoms with Gasteiger partial charge >= 0.3 is 0 Å². The number of aromatic nitrogens is 3. The SMILES string of the molecule is CC(=O)N1CCC(c2nccnc2-c2scnc2C)CC1. The number of amides is 1. The summed E-state index contributed by atoms with van der Waals surface area (Å²) in [7, 11) is 0.